The molecule has 1 saturated heterocycles. The fourth-order valence-electron chi connectivity index (χ4n) is 2.49. The average Bonchev–Trinajstić information content (AvgIpc) is 3.24. The van der Waals surface area contributed by atoms with Gasteiger partial charge in [-0.3, -0.25) is 14.5 Å². The van der Waals surface area contributed by atoms with Crippen molar-refractivity contribution in [1.29, 1.82) is 0 Å². The topological polar surface area (TPSA) is 61.9 Å². The second-order valence-electron chi connectivity index (χ2n) is 5.44. The molecule has 20 heavy (non-hydrogen) atoms. The van der Waals surface area contributed by atoms with Crippen molar-refractivity contribution in [2.45, 2.75) is 32.2 Å². The summed E-state index contributed by atoms with van der Waals surface area (Å²) >= 11 is 0. The Balaban J connectivity index is 1.84. The third-order valence-corrected chi connectivity index (χ3v) is 3.70. The fraction of sp³-hybridized carbons (Fsp3) is 0.857. The van der Waals surface area contributed by atoms with Gasteiger partial charge in [0, 0.05) is 19.1 Å². The van der Waals surface area contributed by atoms with Crippen LogP contribution in [-0.4, -0.2) is 73.6 Å². The van der Waals surface area contributed by atoms with Gasteiger partial charge in [-0.15, -0.1) is 0 Å². The third-order valence-electron chi connectivity index (χ3n) is 3.70. The van der Waals surface area contributed by atoms with Gasteiger partial charge < -0.3 is 15.0 Å². The molecule has 0 bridgehead atoms. The number of rotatable bonds is 6. The molecule has 1 amide bonds. The molecule has 6 nitrogen and oxygen atoms in total. The highest BCUT2D eigenvalue weighted by atomic mass is 16.5. The van der Waals surface area contributed by atoms with Crippen molar-refractivity contribution in [3.8, 4) is 0 Å². The summed E-state index contributed by atoms with van der Waals surface area (Å²) in [6.45, 7) is 6.44. The molecule has 0 aromatic rings. The van der Waals surface area contributed by atoms with Crippen LogP contribution in [0.25, 0.3) is 0 Å². The Kier molecular flexibility index (Phi) is 5.79. The van der Waals surface area contributed by atoms with Gasteiger partial charge in [0.05, 0.1) is 13.2 Å². The number of carbonyl (C=O) groups is 2. The lowest BCUT2D eigenvalue weighted by atomic mass is 10.3. The SMILES string of the molecule is CCOC(=O)CN(C(=O)CN1CCCNCC1)C1CC1. The van der Waals surface area contributed by atoms with Crippen LogP contribution in [0, 0.1) is 0 Å². The number of nitrogens with one attached hydrogen (secondary N) is 1. The zero-order chi connectivity index (χ0) is 14.4. The Bertz CT molecular complexity index is 337. The first-order valence-corrected chi connectivity index (χ1v) is 7.59. The van der Waals surface area contributed by atoms with Crippen LogP contribution in [-0.2, 0) is 14.3 Å². The van der Waals surface area contributed by atoms with Crippen molar-refractivity contribution < 1.29 is 14.3 Å². The molecular weight excluding hydrogens is 258 g/mol. The lowest BCUT2D eigenvalue weighted by Gasteiger charge is -2.25. The Morgan fingerprint density at radius 1 is 1.30 bits per heavy atom. The summed E-state index contributed by atoms with van der Waals surface area (Å²) in [5, 5.41) is 3.32. The monoisotopic (exact) mass is 283 g/mol. The minimum Gasteiger partial charge on any atom is -0.465 e. The molecule has 6 heteroatoms. The molecule has 1 heterocycles. The van der Waals surface area contributed by atoms with Gasteiger partial charge in [-0.1, -0.05) is 0 Å². The summed E-state index contributed by atoms with van der Waals surface area (Å²) < 4.78 is 4.95. The van der Waals surface area contributed by atoms with Crippen LogP contribution in [0.5, 0.6) is 0 Å². The minimum absolute atomic E-state index is 0.0578. The van der Waals surface area contributed by atoms with Crippen LogP contribution in [0.1, 0.15) is 26.2 Å². The first-order valence-electron chi connectivity index (χ1n) is 7.59. The smallest absolute Gasteiger partial charge is 0.325 e. The highest BCUT2D eigenvalue weighted by Gasteiger charge is 2.34. The Morgan fingerprint density at radius 3 is 2.80 bits per heavy atom. The molecule has 1 aliphatic carbocycles. The molecule has 114 valence electrons. The van der Waals surface area contributed by atoms with Gasteiger partial charge in [-0.2, -0.15) is 0 Å². The highest BCUT2D eigenvalue weighted by Crippen LogP contribution is 2.26. The van der Waals surface area contributed by atoms with Crippen LogP contribution < -0.4 is 5.32 Å². The summed E-state index contributed by atoms with van der Waals surface area (Å²) in [4.78, 5) is 27.9. The maximum absolute atomic E-state index is 12.4. The first kappa shape index (κ1) is 15.3. The van der Waals surface area contributed by atoms with Crippen LogP contribution in [0.3, 0.4) is 0 Å². The molecule has 0 spiro atoms. The number of amides is 1. The van der Waals surface area contributed by atoms with E-state index in [2.05, 4.69) is 10.2 Å². The van der Waals surface area contributed by atoms with E-state index in [1.54, 1.807) is 11.8 Å². The Morgan fingerprint density at radius 2 is 2.10 bits per heavy atom. The van der Waals surface area contributed by atoms with E-state index in [9.17, 15) is 9.59 Å². The lowest BCUT2D eigenvalue weighted by Crippen LogP contribution is -2.45. The predicted molar refractivity (Wildman–Crippen MR) is 75.3 cm³/mol. The van der Waals surface area contributed by atoms with E-state index < -0.39 is 0 Å². The molecular formula is C14H25N3O3. The summed E-state index contributed by atoms with van der Waals surface area (Å²) in [6, 6.07) is 0.247. The lowest BCUT2D eigenvalue weighted by molar-refractivity contribution is -0.149. The molecule has 0 aromatic carbocycles. The summed E-state index contributed by atoms with van der Waals surface area (Å²) in [5.41, 5.74) is 0. The zero-order valence-corrected chi connectivity index (χ0v) is 12.3. The van der Waals surface area contributed by atoms with Crippen molar-refractivity contribution >= 4 is 11.9 Å². The number of ether oxygens (including phenoxy) is 1. The largest absolute Gasteiger partial charge is 0.465 e. The van der Waals surface area contributed by atoms with E-state index >= 15 is 0 Å². The molecule has 2 rings (SSSR count). The molecule has 2 fully saturated rings. The number of carbonyl (C=O) groups excluding carboxylic acids is 2. The van der Waals surface area contributed by atoms with Crippen molar-refractivity contribution in [3.05, 3.63) is 0 Å². The van der Waals surface area contributed by atoms with Crippen molar-refractivity contribution in [2.24, 2.45) is 0 Å². The van der Waals surface area contributed by atoms with Gasteiger partial charge in [0.1, 0.15) is 6.54 Å². The first-order chi connectivity index (χ1) is 9.70. The predicted octanol–water partition coefficient (Wildman–Crippen LogP) is -0.164. The van der Waals surface area contributed by atoms with Crippen LogP contribution >= 0.6 is 0 Å². The quantitative estimate of drug-likeness (QED) is 0.686. The van der Waals surface area contributed by atoms with Gasteiger partial charge in [-0.05, 0) is 39.3 Å². The zero-order valence-electron chi connectivity index (χ0n) is 12.3. The van der Waals surface area contributed by atoms with E-state index in [0.717, 1.165) is 45.4 Å². The maximum Gasteiger partial charge on any atom is 0.325 e. The van der Waals surface area contributed by atoms with Gasteiger partial charge >= 0.3 is 5.97 Å². The third kappa shape index (κ3) is 4.76. The number of esters is 1. The van der Waals surface area contributed by atoms with E-state index in [4.69, 9.17) is 4.74 Å². The van der Waals surface area contributed by atoms with Crippen LogP contribution in [0.4, 0.5) is 0 Å². The van der Waals surface area contributed by atoms with E-state index in [1.807, 2.05) is 0 Å². The van der Waals surface area contributed by atoms with Crippen molar-refractivity contribution in [1.82, 2.24) is 15.1 Å². The van der Waals surface area contributed by atoms with Crippen molar-refractivity contribution in [2.75, 3.05) is 45.9 Å². The number of hydrogen-bond donors (Lipinski definition) is 1. The molecule has 0 aromatic heterocycles. The van der Waals surface area contributed by atoms with E-state index in [1.165, 1.54) is 0 Å². The van der Waals surface area contributed by atoms with Gasteiger partial charge in [0.2, 0.25) is 5.91 Å². The highest BCUT2D eigenvalue weighted by molar-refractivity contribution is 5.84. The summed E-state index contributed by atoms with van der Waals surface area (Å²) in [5.74, 6) is -0.243. The van der Waals surface area contributed by atoms with E-state index in [-0.39, 0.29) is 24.5 Å². The van der Waals surface area contributed by atoms with Crippen LogP contribution in [0.2, 0.25) is 0 Å². The van der Waals surface area contributed by atoms with Gasteiger partial charge in [-0.25, -0.2) is 0 Å². The standard InChI is InChI=1S/C14H25N3O3/c1-2-20-14(19)11-17(12-4-5-12)13(18)10-16-8-3-6-15-7-9-16/h12,15H,2-11H2,1H3. The number of nitrogens with zero attached hydrogens (tertiary/aromatic N) is 2. The van der Waals surface area contributed by atoms with Gasteiger partial charge in [0.15, 0.2) is 0 Å². The van der Waals surface area contributed by atoms with E-state index in [0.29, 0.717) is 13.2 Å². The normalized spacial score (nSPS) is 20.2. The molecule has 2 aliphatic rings. The minimum atomic E-state index is -0.301. The second-order valence-corrected chi connectivity index (χ2v) is 5.44. The molecule has 0 atom stereocenters. The van der Waals surface area contributed by atoms with Gasteiger partial charge in [0.25, 0.3) is 0 Å². The molecule has 1 saturated carbocycles. The Hall–Kier alpha value is -1.14. The van der Waals surface area contributed by atoms with Crippen molar-refractivity contribution in [3.63, 3.8) is 0 Å². The molecule has 0 unspecified atom stereocenters. The average molecular weight is 283 g/mol. The Labute approximate surface area is 120 Å². The fourth-order valence-corrected chi connectivity index (χ4v) is 2.49. The maximum atomic E-state index is 12.4. The summed E-state index contributed by atoms with van der Waals surface area (Å²) in [6.07, 6.45) is 3.08. The molecule has 0 radical (unpaired) electrons. The van der Waals surface area contributed by atoms with Crippen LogP contribution in [0.15, 0.2) is 0 Å². The second kappa shape index (κ2) is 7.59. The molecule has 1 aliphatic heterocycles. The summed E-state index contributed by atoms with van der Waals surface area (Å²) in [7, 11) is 0. The number of hydrogen-bond acceptors (Lipinski definition) is 5. The molecule has 1 N–H and O–H groups in total.